The molecule has 0 aliphatic carbocycles. The molecule has 33 heavy (non-hydrogen) atoms. The van der Waals surface area contributed by atoms with Crippen LogP contribution in [-0.2, 0) is 13.0 Å². The lowest BCUT2D eigenvalue weighted by atomic mass is 10.1. The predicted octanol–water partition coefficient (Wildman–Crippen LogP) is 5.30. The molecule has 0 radical (unpaired) electrons. The standard InChI is InChI=1S/C27H31ClN2O3/c1-31-25-17-26(32-2)19-27(18-25)33-20-22-5-3-21(4-6-22)11-12-29-13-15-30(16-14-29)24-9-7-23(28)8-10-24/h3-10,17-19H,11-16,20H2,1-2H3. The van der Waals surface area contributed by atoms with Crippen LogP contribution < -0.4 is 19.1 Å². The molecule has 174 valence electrons. The van der Waals surface area contributed by atoms with Crippen molar-refractivity contribution < 1.29 is 14.2 Å². The number of anilines is 1. The highest BCUT2D eigenvalue weighted by Gasteiger charge is 2.17. The third-order valence-corrected chi connectivity index (χ3v) is 6.29. The van der Waals surface area contributed by atoms with Gasteiger partial charge in [-0.05, 0) is 41.8 Å². The Hall–Kier alpha value is -2.89. The van der Waals surface area contributed by atoms with E-state index >= 15 is 0 Å². The first-order valence-corrected chi connectivity index (χ1v) is 11.7. The molecule has 0 bridgehead atoms. The van der Waals surface area contributed by atoms with E-state index in [0.29, 0.717) is 18.1 Å². The van der Waals surface area contributed by atoms with Crippen LogP contribution in [0.25, 0.3) is 0 Å². The van der Waals surface area contributed by atoms with Gasteiger partial charge in [0.15, 0.2) is 0 Å². The lowest BCUT2D eigenvalue weighted by Crippen LogP contribution is -2.46. The van der Waals surface area contributed by atoms with Crippen molar-refractivity contribution in [3.63, 3.8) is 0 Å². The molecule has 5 nitrogen and oxygen atoms in total. The summed E-state index contributed by atoms with van der Waals surface area (Å²) < 4.78 is 16.6. The van der Waals surface area contributed by atoms with E-state index in [2.05, 4.69) is 46.2 Å². The molecule has 0 atom stereocenters. The van der Waals surface area contributed by atoms with Crippen LogP contribution in [0.1, 0.15) is 11.1 Å². The lowest BCUT2D eigenvalue weighted by Gasteiger charge is -2.36. The number of piperazine rings is 1. The summed E-state index contributed by atoms with van der Waals surface area (Å²) in [6.45, 7) is 5.84. The Bertz CT molecular complexity index is 994. The van der Waals surface area contributed by atoms with Crippen LogP contribution in [0.2, 0.25) is 5.02 Å². The molecule has 0 N–H and O–H groups in total. The predicted molar refractivity (Wildman–Crippen MR) is 134 cm³/mol. The van der Waals surface area contributed by atoms with Crippen molar-refractivity contribution in [3.8, 4) is 17.2 Å². The quantitative estimate of drug-likeness (QED) is 0.427. The zero-order chi connectivity index (χ0) is 23.0. The van der Waals surface area contributed by atoms with Gasteiger partial charge in [0, 0.05) is 61.6 Å². The number of hydrogen-bond acceptors (Lipinski definition) is 5. The Kier molecular flexibility index (Phi) is 7.97. The number of rotatable bonds is 9. The molecule has 3 aromatic rings. The van der Waals surface area contributed by atoms with E-state index < -0.39 is 0 Å². The van der Waals surface area contributed by atoms with Crippen molar-refractivity contribution in [2.75, 3.05) is 51.8 Å². The normalized spacial score (nSPS) is 14.2. The number of ether oxygens (including phenoxy) is 3. The van der Waals surface area contributed by atoms with Crippen LogP contribution in [-0.4, -0.2) is 51.8 Å². The van der Waals surface area contributed by atoms with Gasteiger partial charge in [-0.25, -0.2) is 0 Å². The van der Waals surface area contributed by atoms with E-state index in [1.165, 1.54) is 11.3 Å². The van der Waals surface area contributed by atoms with Crippen molar-refractivity contribution in [1.29, 1.82) is 0 Å². The molecule has 0 spiro atoms. The second-order valence-corrected chi connectivity index (χ2v) is 8.65. The fraction of sp³-hybridized carbons (Fsp3) is 0.333. The average Bonchev–Trinajstić information content (AvgIpc) is 2.87. The molecule has 1 aliphatic rings. The molecular weight excluding hydrogens is 436 g/mol. The van der Waals surface area contributed by atoms with Crippen LogP contribution in [0.4, 0.5) is 5.69 Å². The number of hydrogen-bond donors (Lipinski definition) is 0. The summed E-state index contributed by atoms with van der Waals surface area (Å²) in [7, 11) is 3.27. The molecule has 3 aromatic carbocycles. The molecule has 1 fully saturated rings. The van der Waals surface area contributed by atoms with E-state index in [0.717, 1.165) is 55.5 Å². The summed E-state index contributed by atoms with van der Waals surface area (Å²) in [5.74, 6) is 2.16. The summed E-state index contributed by atoms with van der Waals surface area (Å²) in [6, 6.07) is 22.4. The first-order chi connectivity index (χ1) is 16.1. The smallest absolute Gasteiger partial charge is 0.127 e. The van der Waals surface area contributed by atoms with Crippen LogP contribution in [0.5, 0.6) is 17.2 Å². The van der Waals surface area contributed by atoms with Gasteiger partial charge >= 0.3 is 0 Å². The van der Waals surface area contributed by atoms with Gasteiger partial charge in [-0.15, -0.1) is 0 Å². The van der Waals surface area contributed by atoms with Gasteiger partial charge in [-0.2, -0.15) is 0 Å². The highest BCUT2D eigenvalue weighted by atomic mass is 35.5. The van der Waals surface area contributed by atoms with E-state index in [4.69, 9.17) is 25.8 Å². The van der Waals surface area contributed by atoms with E-state index in [1.54, 1.807) is 14.2 Å². The molecule has 0 saturated carbocycles. The number of nitrogens with zero attached hydrogens (tertiary/aromatic N) is 2. The van der Waals surface area contributed by atoms with Crippen molar-refractivity contribution in [3.05, 3.63) is 82.9 Å². The average molecular weight is 467 g/mol. The Morgan fingerprint density at radius 1 is 0.727 bits per heavy atom. The van der Waals surface area contributed by atoms with Gasteiger partial charge < -0.3 is 19.1 Å². The summed E-state index contributed by atoms with van der Waals surface area (Å²) in [5.41, 5.74) is 3.74. The summed E-state index contributed by atoms with van der Waals surface area (Å²) in [4.78, 5) is 4.97. The Labute approximate surface area is 201 Å². The second kappa shape index (κ2) is 11.3. The van der Waals surface area contributed by atoms with Crippen molar-refractivity contribution in [2.45, 2.75) is 13.0 Å². The van der Waals surface area contributed by atoms with Gasteiger partial charge in [-0.3, -0.25) is 4.90 Å². The minimum atomic E-state index is 0.503. The van der Waals surface area contributed by atoms with Crippen LogP contribution >= 0.6 is 11.6 Å². The maximum absolute atomic E-state index is 6.01. The zero-order valence-corrected chi connectivity index (χ0v) is 20.1. The topological polar surface area (TPSA) is 34.2 Å². The summed E-state index contributed by atoms with van der Waals surface area (Å²) in [6.07, 6.45) is 1.05. The number of methoxy groups -OCH3 is 2. The minimum absolute atomic E-state index is 0.503. The Morgan fingerprint density at radius 3 is 1.91 bits per heavy atom. The molecular formula is C27H31ClN2O3. The van der Waals surface area contributed by atoms with Gasteiger partial charge in [0.05, 0.1) is 14.2 Å². The zero-order valence-electron chi connectivity index (χ0n) is 19.3. The highest BCUT2D eigenvalue weighted by molar-refractivity contribution is 6.30. The highest BCUT2D eigenvalue weighted by Crippen LogP contribution is 2.28. The third kappa shape index (κ3) is 6.56. The number of benzene rings is 3. The number of halogens is 1. The van der Waals surface area contributed by atoms with Gasteiger partial charge in [0.25, 0.3) is 0 Å². The third-order valence-electron chi connectivity index (χ3n) is 6.03. The van der Waals surface area contributed by atoms with Crippen LogP contribution in [0.15, 0.2) is 66.7 Å². The second-order valence-electron chi connectivity index (χ2n) is 8.21. The summed E-state index contributed by atoms with van der Waals surface area (Å²) >= 11 is 6.01. The maximum Gasteiger partial charge on any atom is 0.127 e. The van der Waals surface area contributed by atoms with E-state index in [1.807, 2.05) is 30.3 Å². The maximum atomic E-state index is 6.01. The minimum Gasteiger partial charge on any atom is -0.496 e. The molecule has 0 aromatic heterocycles. The molecule has 6 heteroatoms. The Morgan fingerprint density at radius 2 is 1.30 bits per heavy atom. The van der Waals surface area contributed by atoms with Crippen molar-refractivity contribution in [1.82, 2.24) is 4.90 Å². The molecule has 0 unspecified atom stereocenters. The SMILES string of the molecule is COc1cc(OC)cc(OCc2ccc(CCN3CCN(c4ccc(Cl)cc4)CC3)cc2)c1. The Balaban J connectivity index is 1.22. The fourth-order valence-electron chi connectivity index (χ4n) is 4.00. The van der Waals surface area contributed by atoms with Gasteiger partial charge in [-0.1, -0.05) is 35.9 Å². The van der Waals surface area contributed by atoms with E-state index in [-0.39, 0.29) is 0 Å². The van der Waals surface area contributed by atoms with Crippen LogP contribution in [0.3, 0.4) is 0 Å². The molecule has 1 aliphatic heterocycles. The van der Waals surface area contributed by atoms with Crippen LogP contribution in [0, 0.1) is 0 Å². The largest absolute Gasteiger partial charge is 0.496 e. The first kappa shape index (κ1) is 23.3. The molecule has 0 amide bonds. The van der Waals surface area contributed by atoms with Crippen molar-refractivity contribution in [2.24, 2.45) is 0 Å². The fourth-order valence-corrected chi connectivity index (χ4v) is 4.13. The summed E-state index contributed by atoms with van der Waals surface area (Å²) in [5, 5.41) is 0.787. The van der Waals surface area contributed by atoms with Gasteiger partial charge in [0.2, 0.25) is 0 Å². The first-order valence-electron chi connectivity index (χ1n) is 11.3. The lowest BCUT2D eigenvalue weighted by molar-refractivity contribution is 0.261. The molecule has 4 rings (SSSR count). The molecule has 1 saturated heterocycles. The molecule has 1 heterocycles. The van der Waals surface area contributed by atoms with E-state index in [9.17, 15) is 0 Å². The van der Waals surface area contributed by atoms with Crippen molar-refractivity contribution >= 4 is 17.3 Å². The monoisotopic (exact) mass is 466 g/mol. The van der Waals surface area contributed by atoms with Gasteiger partial charge in [0.1, 0.15) is 23.9 Å².